The Morgan fingerprint density at radius 3 is 2.89 bits per heavy atom. The van der Waals surface area contributed by atoms with Gasteiger partial charge in [0.25, 0.3) is 0 Å². The number of H-pyrrole nitrogens is 1. The Hall–Kier alpha value is -1.52. The lowest BCUT2D eigenvalue weighted by molar-refractivity contribution is 0.415. The van der Waals surface area contributed by atoms with E-state index in [1.807, 2.05) is 24.4 Å². The average Bonchev–Trinajstić information content (AvgIpc) is 2.81. The first kappa shape index (κ1) is 12.9. The molecule has 0 aliphatic heterocycles. The van der Waals surface area contributed by atoms with Gasteiger partial charge in [-0.25, -0.2) is 0 Å². The summed E-state index contributed by atoms with van der Waals surface area (Å²) >= 11 is 0. The van der Waals surface area contributed by atoms with E-state index in [1.165, 1.54) is 0 Å². The fourth-order valence-corrected chi connectivity index (χ4v) is 2.22. The SMILES string of the molecule is COc1ccc2[nH]cc([C@@H](N)CCCCN)c2c1. The summed E-state index contributed by atoms with van der Waals surface area (Å²) in [5.74, 6) is 0.859. The molecule has 0 aliphatic carbocycles. The number of nitrogens with one attached hydrogen (secondary N) is 1. The summed E-state index contributed by atoms with van der Waals surface area (Å²) in [6, 6.07) is 6.05. The molecule has 5 N–H and O–H groups in total. The second-order valence-corrected chi connectivity index (χ2v) is 4.55. The number of hydrogen-bond acceptors (Lipinski definition) is 3. The van der Waals surface area contributed by atoms with Crippen molar-refractivity contribution in [2.45, 2.75) is 25.3 Å². The molecule has 0 amide bonds. The number of benzene rings is 1. The maximum atomic E-state index is 6.24. The Labute approximate surface area is 107 Å². The summed E-state index contributed by atoms with van der Waals surface area (Å²) in [5, 5.41) is 1.15. The van der Waals surface area contributed by atoms with Gasteiger partial charge in [-0.3, -0.25) is 0 Å². The van der Waals surface area contributed by atoms with E-state index in [0.29, 0.717) is 0 Å². The first-order valence-electron chi connectivity index (χ1n) is 6.37. The first-order chi connectivity index (χ1) is 8.76. The average molecular weight is 247 g/mol. The van der Waals surface area contributed by atoms with Gasteiger partial charge in [-0.15, -0.1) is 0 Å². The minimum atomic E-state index is 0.0532. The molecular weight excluding hydrogens is 226 g/mol. The zero-order chi connectivity index (χ0) is 13.0. The van der Waals surface area contributed by atoms with Crippen molar-refractivity contribution in [2.75, 3.05) is 13.7 Å². The van der Waals surface area contributed by atoms with Crippen LogP contribution in [0.5, 0.6) is 5.75 Å². The van der Waals surface area contributed by atoms with Crippen LogP contribution in [0, 0.1) is 0 Å². The van der Waals surface area contributed by atoms with Crippen molar-refractivity contribution < 1.29 is 4.74 Å². The Morgan fingerprint density at radius 2 is 2.17 bits per heavy atom. The molecule has 4 nitrogen and oxygen atoms in total. The van der Waals surface area contributed by atoms with E-state index >= 15 is 0 Å². The Kier molecular flexibility index (Phi) is 4.23. The topological polar surface area (TPSA) is 77.1 Å². The minimum Gasteiger partial charge on any atom is -0.497 e. The second kappa shape index (κ2) is 5.89. The van der Waals surface area contributed by atoms with Gasteiger partial charge in [0.05, 0.1) is 7.11 Å². The van der Waals surface area contributed by atoms with Crippen molar-refractivity contribution in [2.24, 2.45) is 11.5 Å². The quantitative estimate of drug-likeness (QED) is 0.685. The number of aromatic amines is 1. The van der Waals surface area contributed by atoms with Crippen molar-refractivity contribution in [1.29, 1.82) is 0 Å². The largest absolute Gasteiger partial charge is 0.497 e. The Morgan fingerprint density at radius 1 is 1.33 bits per heavy atom. The number of aromatic nitrogens is 1. The van der Waals surface area contributed by atoms with E-state index in [1.54, 1.807) is 7.11 Å². The molecule has 1 heterocycles. The van der Waals surface area contributed by atoms with E-state index in [0.717, 1.165) is 48.0 Å². The normalized spacial score (nSPS) is 12.8. The van der Waals surface area contributed by atoms with Crippen LogP contribution in [0.1, 0.15) is 30.9 Å². The van der Waals surface area contributed by atoms with Gasteiger partial charge >= 0.3 is 0 Å². The van der Waals surface area contributed by atoms with Crippen molar-refractivity contribution in [1.82, 2.24) is 4.98 Å². The van der Waals surface area contributed by atoms with E-state index in [4.69, 9.17) is 16.2 Å². The van der Waals surface area contributed by atoms with Gasteiger partial charge in [0, 0.05) is 23.1 Å². The smallest absolute Gasteiger partial charge is 0.119 e. The molecule has 1 atom stereocenters. The fourth-order valence-electron chi connectivity index (χ4n) is 2.22. The van der Waals surface area contributed by atoms with Crippen LogP contribution in [0.25, 0.3) is 10.9 Å². The summed E-state index contributed by atoms with van der Waals surface area (Å²) in [4.78, 5) is 3.25. The summed E-state index contributed by atoms with van der Waals surface area (Å²) in [6.45, 7) is 0.731. The molecule has 2 aromatic rings. The third kappa shape index (κ3) is 2.66. The van der Waals surface area contributed by atoms with Crippen LogP contribution in [-0.4, -0.2) is 18.6 Å². The lowest BCUT2D eigenvalue weighted by Gasteiger charge is -2.10. The van der Waals surface area contributed by atoms with Crippen molar-refractivity contribution >= 4 is 10.9 Å². The summed E-state index contributed by atoms with van der Waals surface area (Å²) in [7, 11) is 1.68. The molecule has 0 fully saturated rings. The van der Waals surface area contributed by atoms with Crippen molar-refractivity contribution in [3.05, 3.63) is 30.0 Å². The first-order valence-corrected chi connectivity index (χ1v) is 6.37. The maximum absolute atomic E-state index is 6.24. The molecule has 0 aliphatic rings. The summed E-state index contributed by atoms with van der Waals surface area (Å²) in [5.41, 5.74) is 14.0. The number of rotatable bonds is 6. The highest BCUT2D eigenvalue weighted by Gasteiger charge is 2.12. The number of methoxy groups -OCH3 is 1. The Balaban J connectivity index is 2.21. The van der Waals surface area contributed by atoms with Gasteiger partial charge < -0.3 is 21.2 Å². The van der Waals surface area contributed by atoms with Gasteiger partial charge in [-0.1, -0.05) is 6.42 Å². The molecule has 1 aromatic heterocycles. The molecule has 0 saturated heterocycles. The van der Waals surface area contributed by atoms with Gasteiger partial charge in [0.15, 0.2) is 0 Å². The second-order valence-electron chi connectivity index (χ2n) is 4.55. The van der Waals surface area contributed by atoms with Crippen LogP contribution < -0.4 is 16.2 Å². The van der Waals surface area contributed by atoms with Crippen LogP contribution >= 0.6 is 0 Å². The molecular formula is C14H21N3O. The molecule has 4 heteroatoms. The number of ether oxygens (including phenoxy) is 1. The number of hydrogen-bond donors (Lipinski definition) is 3. The molecule has 2 rings (SSSR count). The van der Waals surface area contributed by atoms with Gasteiger partial charge in [0.1, 0.15) is 5.75 Å². The molecule has 0 saturated carbocycles. The highest BCUT2D eigenvalue weighted by Crippen LogP contribution is 2.28. The molecule has 0 unspecified atom stereocenters. The predicted molar refractivity (Wildman–Crippen MR) is 74.7 cm³/mol. The predicted octanol–water partition coefficient (Wildman–Crippen LogP) is 2.31. The van der Waals surface area contributed by atoms with E-state index in [9.17, 15) is 0 Å². The van der Waals surface area contributed by atoms with Crippen LogP contribution in [0.3, 0.4) is 0 Å². The van der Waals surface area contributed by atoms with Gasteiger partial charge in [-0.2, -0.15) is 0 Å². The minimum absolute atomic E-state index is 0.0532. The fraction of sp³-hybridized carbons (Fsp3) is 0.429. The monoisotopic (exact) mass is 247 g/mol. The Bertz CT molecular complexity index is 507. The molecule has 1 aromatic carbocycles. The lowest BCUT2D eigenvalue weighted by atomic mass is 10.0. The number of unbranched alkanes of at least 4 members (excludes halogenated alkanes) is 1. The summed E-state index contributed by atoms with van der Waals surface area (Å²) in [6.07, 6.45) is 5.05. The van der Waals surface area contributed by atoms with Crippen LogP contribution in [0.2, 0.25) is 0 Å². The van der Waals surface area contributed by atoms with E-state index in [-0.39, 0.29) is 6.04 Å². The van der Waals surface area contributed by atoms with Crippen molar-refractivity contribution in [3.8, 4) is 5.75 Å². The molecule has 98 valence electrons. The molecule has 0 radical (unpaired) electrons. The van der Waals surface area contributed by atoms with E-state index < -0.39 is 0 Å². The molecule has 0 bridgehead atoms. The van der Waals surface area contributed by atoms with E-state index in [2.05, 4.69) is 4.98 Å². The lowest BCUT2D eigenvalue weighted by Crippen LogP contribution is -2.10. The molecule has 18 heavy (non-hydrogen) atoms. The molecule has 0 spiro atoms. The van der Waals surface area contributed by atoms with Gasteiger partial charge in [-0.05, 0) is 43.1 Å². The van der Waals surface area contributed by atoms with Crippen molar-refractivity contribution in [3.63, 3.8) is 0 Å². The highest BCUT2D eigenvalue weighted by atomic mass is 16.5. The summed E-state index contributed by atoms with van der Waals surface area (Å²) < 4.78 is 5.25. The van der Waals surface area contributed by atoms with Crippen LogP contribution in [-0.2, 0) is 0 Å². The standard InChI is InChI=1S/C14H21N3O/c1-18-10-5-6-14-11(8-10)12(9-17-14)13(16)4-2-3-7-15/h5-6,8-9,13,17H,2-4,7,15-16H2,1H3/t13-/m0/s1. The van der Waals surface area contributed by atoms with Crippen LogP contribution in [0.4, 0.5) is 0 Å². The highest BCUT2D eigenvalue weighted by molar-refractivity contribution is 5.85. The maximum Gasteiger partial charge on any atom is 0.119 e. The zero-order valence-electron chi connectivity index (χ0n) is 10.8. The number of nitrogens with two attached hydrogens (primary N) is 2. The third-order valence-electron chi connectivity index (χ3n) is 3.29. The zero-order valence-corrected chi connectivity index (χ0v) is 10.8. The third-order valence-corrected chi connectivity index (χ3v) is 3.29. The van der Waals surface area contributed by atoms with Gasteiger partial charge in [0.2, 0.25) is 0 Å². The number of fused-ring (bicyclic) bond motifs is 1. The van der Waals surface area contributed by atoms with Crippen LogP contribution in [0.15, 0.2) is 24.4 Å².